The molecule has 0 aliphatic carbocycles. The van der Waals surface area contributed by atoms with Gasteiger partial charge in [-0.3, -0.25) is 14.4 Å². The zero-order chi connectivity index (χ0) is 27.3. The number of aliphatic hydroxyl groups excluding tert-OH is 1. The fourth-order valence-corrected chi connectivity index (χ4v) is 8.99. The number of esters is 1. The number of likely N-dealkylation sites (tertiary alicyclic amines) is 1. The Hall–Kier alpha value is -2.58. The van der Waals surface area contributed by atoms with E-state index in [4.69, 9.17) is 4.74 Å². The van der Waals surface area contributed by atoms with Gasteiger partial charge in [-0.05, 0) is 43.6 Å². The number of hydrogen-bond donors (Lipinski definition) is 1. The first-order valence-corrected chi connectivity index (χ1v) is 14.6. The highest BCUT2D eigenvalue weighted by molar-refractivity contribution is 8.02. The van der Waals surface area contributed by atoms with Crippen LogP contribution in [0.5, 0.6) is 0 Å². The van der Waals surface area contributed by atoms with Crippen molar-refractivity contribution in [2.45, 2.75) is 61.6 Å². The highest BCUT2D eigenvalue weighted by atomic mass is 32.2. The number of carbonyl (C=O) groups is 3. The maximum Gasteiger partial charge on any atom is 0.310 e. The number of carbonyl (C=O) groups excluding carboxylic acids is 3. The van der Waals surface area contributed by atoms with Gasteiger partial charge in [0.25, 0.3) is 0 Å². The molecule has 3 fully saturated rings. The number of aliphatic hydroxyl groups is 1. The first-order chi connectivity index (χ1) is 18.4. The first kappa shape index (κ1) is 28.4. The molecule has 0 radical (unpaired) electrons. The van der Waals surface area contributed by atoms with Crippen molar-refractivity contribution in [2.24, 2.45) is 17.8 Å². The van der Waals surface area contributed by atoms with E-state index in [1.165, 1.54) is 0 Å². The largest absolute Gasteiger partial charge is 0.465 e. The fraction of sp³-hybridized carbons (Fsp3) is 0.567. The Bertz CT molecular complexity index is 1030. The number of hydrogen-bond acceptors (Lipinski definition) is 6. The number of nitrogens with zero attached hydrogens (tertiary/aromatic N) is 2. The molecule has 1 aromatic carbocycles. The Morgan fingerprint density at radius 3 is 2.66 bits per heavy atom. The molecule has 206 valence electrons. The van der Waals surface area contributed by atoms with E-state index >= 15 is 0 Å². The minimum atomic E-state index is -0.673. The van der Waals surface area contributed by atoms with Gasteiger partial charge < -0.3 is 19.6 Å². The van der Waals surface area contributed by atoms with Gasteiger partial charge in [0.15, 0.2) is 0 Å². The van der Waals surface area contributed by atoms with E-state index in [0.29, 0.717) is 38.9 Å². The Morgan fingerprint density at radius 1 is 1.21 bits per heavy atom. The Balaban J connectivity index is 1.68. The quantitative estimate of drug-likeness (QED) is 0.219. The van der Waals surface area contributed by atoms with Gasteiger partial charge >= 0.3 is 5.97 Å². The van der Waals surface area contributed by atoms with E-state index < -0.39 is 22.6 Å². The molecule has 4 rings (SSSR count). The molecule has 6 atom stereocenters. The third-order valence-electron chi connectivity index (χ3n) is 8.25. The zero-order valence-corrected chi connectivity index (χ0v) is 23.1. The predicted octanol–water partition coefficient (Wildman–Crippen LogP) is 3.82. The number of amides is 2. The SMILES string of the molecule is C=CCCOC(=O)[C@@H]1[C@H]2C(=O)N(CCCCCO)C(C(=O)N(CC=C)Cc3ccccc3)C23S[C@@H]1CC3C. The van der Waals surface area contributed by atoms with Gasteiger partial charge in [0.2, 0.25) is 11.8 Å². The van der Waals surface area contributed by atoms with Crippen molar-refractivity contribution in [1.82, 2.24) is 9.80 Å². The van der Waals surface area contributed by atoms with Crippen molar-refractivity contribution in [1.29, 1.82) is 0 Å². The normalized spacial score (nSPS) is 29.3. The van der Waals surface area contributed by atoms with E-state index in [0.717, 1.165) is 18.4 Å². The molecule has 0 aromatic heterocycles. The molecule has 38 heavy (non-hydrogen) atoms. The minimum absolute atomic E-state index is 0.0380. The molecule has 2 amide bonds. The summed E-state index contributed by atoms with van der Waals surface area (Å²) in [4.78, 5) is 45.4. The third kappa shape index (κ3) is 5.17. The second kappa shape index (κ2) is 12.5. The minimum Gasteiger partial charge on any atom is -0.465 e. The number of benzene rings is 1. The second-order valence-corrected chi connectivity index (χ2v) is 12.2. The number of rotatable bonds is 14. The van der Waals surface area contributed by atoms with Gasteiger partial charge in [-0.15, -0.1) is 24.9 Å². The number of ether oxygens (including phenoxy) is 1. The molecular weight excluding hydrogens is 500 g/mol. The number of thioether (sulfide) groups is 1. The topological polar surface area (TPSA) is 87.1 Å². The molecule has 2 bridgehead atoms. The maximum atomic E-state index is 14.4. The van der Waals surface area contributed by atoms with Crippen molar-refractivity contribution >= 4 is 29.5 Å². The molecule has 1 aromatic rings. The molecule has 3 aliphatic heterocycles. The molecule has 0 saturated carbocycles. The van der Waals surface area contributed by atoms with Crippen LogP contribution in [0.3, 0.4) is 0 Å². The molecule has 3 heterocycles. The van der Waals surface area contributed by atoms with Crippen LogP contribution in [-0.4, -0.2) is 75.0 Å². The lowest BCUT2D eigenvalue weighted by Gasteiger charge is -2.40. The maximum absolute atomic E-state index is 14.4. The van der Waals surface area contributed by atoms with Crippen LogP contribution in [0, 0.1) is 17.8 Å². The number of fused-ring (bicyclic) bond motifs is 1. The molecule has 8 heteroatoms. The first-order valence-electron chi connectivity index (χ1n) is 13.7. The molecule has 3 aliphatic rings. The van der Waals surface area contributed by atoms with Crippen molar-refractivity contribution in [3.63, 3.8) is 0 Å². The molecular formula is C30H40N2O5S. The van der Waals surface area contributed by atoms with Crippen LogP contribution in [0.2, 0.25) is 0 Å². The summed E-state index contributed by atoms with van der Waals surface area (Å²) in [5, 5.41) is 9.21. The highest BCUT2D eigenvalue weighted by Crippen LogP contribution is 2.68. The predicted molar refractivity (Wildman–Crippen MR) is 149 cm³/mol. The lowest BCUT2D eigenvalue weighted by atomic mass is 9.66. The lowest BCUT2D eigenvalue weighted by molar-refractivity contribution is -0.154. The van der Waals surface area contributed by atoms with Crippen LogP contribution in [0.15, 0.2) is 55.6 Å². The fourth-order valence-electron chi connectivity index (χ4n) is 6.58. The van der Waals surface area contributed by atoms with E-state index in [1.54, 1.807) is 33.7 Å². The molecule has 1 N–H and O–H groups in total. The van der Waals surface area contributed by atoms with E-state index in [-0.39, 0.29) is 42.2 Å². The van der Waals surface area contributed by atoms with Gasteiger partial charge in [-0.25, -0.2) is 0 Å². The summed E-state index contributed by atoms with van der Waals surface area (Å²) < 4.78 is 4.91. The highest BCUT2D eigenvalue weighted by Gasteiger charge is 2.76. The summed E-state index contributed by atoms with van der Waals surface area (Å²) >= 11 is 1.67. The van der Waals surface area contributed by atoms with E-state index in [2.05, 4.69) is 20.1 Å². The van der Waals surface area contributed by atoms with Crippen LogP contribution in [0.25, 0.3) is 0 Å². The smallest absolute Gasteiger partial charge is 0.310 e. The summed E-state index contributed by atoms with van der Waals surface area (Å²) in [6, 6.07) is 9.17. The Kier molecular flexibility index (Phi) is 9.36. The zero-order valence-electron chi connectivity index (χ0n) is 22.3. The van der Waals surface area contributed by atoms with Crippen molar-refractivity contribution in [3.05, 3.63) is 61.2 Å². The van der Waals surface area contributed by atoms with Crippen LogP contribution < -0.4 is 0 Å². The summed E-state index contributed by atoms with van der Waals surface area (Å²) in [5.74, 6) is -1.57. The molecule has 3 unspecified atom stereocenters. The summed E-state index contributed by atoms with van der Waals surface area (Å²) in [6.07, 6.45) is 6.87. The second-order valence-electron chi connectivity index (χ2n) is 10.6. The average Bonchev–Trinajstić information content (AvgIpc) is 3.50. The van der Waals surface area contributed by atoms with Crippen molar-refractivity contribution in [2.75, 3.05) is 26.3 Å². The van der Waals surface area contributed by atoms with Gasteiger partial charge in [0, 0.05) is 31.5 Å². The summed E-state index contributed by atoms with van der Waals surface area (Å²) in [6.45, 7) is 11.3. The Morgan fingerprint density at radius 2 is 1.97 bits per heavy atom. The van der Waals surface area contributed by atoms with Gasteiger partial charge in [0.1, 0.15) is 6.04 Å². The van der Waals surface area contributed by atoms with Crippen molar-refractivity contribution in [3.8, 4) is 0 Å². The van der Waals surface area contributed by atoms with E-state index in [9.17, 15) is 19.5 Å². The third-order valence-corrected chi connectivity index (χ3v) is 10.3. The standard InChI is InChI=1S/C30H40N2O5S/c1-4-6-18-37-29(36)24-23-19-21(3)30(38-23)25(24)27(34)32(16-11-8-12-17-33)26(30)28(35)31(15-5-2)20-22-13-9-7-10-14-22/h4-5,7,9-10,13-14,21,23-26,33H,1-2,6,8,11-12,15-20H2,3H3/t21?,23-,24+,25+,26?,30?/m1/s1. The number of unbranched alkanes of at least 4 members (excludes halogenated alkanes) is 2. The lowest BCUT2D eigenvalue weighted by Crippen LogP contribution is -2.57. The average molecular weight is 541 g/mol. The molecule has 3 saturated heterocycles. The van der Waals surface area contributed by atoms with Crippen LogP contribution in [-0.2, 0) is 25.7 Å². The van der Waals surface area contributed by atoms with E-state index in [1.807, 2.05) is 30.3 Å². The van der Waals surface area contributed by atoms with Gasteiger partial charge in [0.05, 0.1) is 23.2 Å². The monoisotopic (exact) mass is 540 g/mol. The van der Waals surface area contributed by atoms with Gasteiger partial charge in [-0.2, -0.15) is 0 Å². The van der Waals surface area contributed by atoms with Crippen LogP contribution >= 0.6 is 11.8 Å². The summed E-state index contributed by atoms with van der Waals surface area (Å²) in [7, 11) is 0. The Labute approximate surface area is 230 Å². The van der Waals surface area contributed by atoms with Gasteiger partial charge in [-0.1, -0.05) is 49.4 Å². The summed E-state index contributed by atoms with van der Waals surface area (Å²) in [5.41, 5.74) is 1.01. The van der Waals surface area contributed by atoms with Crippen LogP contribution in [0.1, 0.15) is 44.6 Å². The van der Waals surface area contributed by atoms with Crippen LogP contribution in [0.4, 0.5) is 0 Å². The molecule has 7 nitrogen and oxygen atoms in total. The van der Waals surface area contributed by atoms with Crippen molar-refractivity contribution < 1.29 is 24.2 Å². The molecule has 1 spiro atoms.